The molecule has 2 saturated heterocycles. The lowest BCUT2D eigenvalue weighted by Gasteiger charge is -2.53. The highest BCUT2D eigenvalue weighted by atomic mass is 16.7. The molecule has 1 saturated carbocycles. The summed E-state index contributed by atoms with van der Waals surface area (Å²) in [6, 6.07) is 5.30. The summed E-state index contributed by atoms with van der Waals surface area (Å²) < 4.78 is 25.3. The smallest absolute Gasteiger partial charge is 0.230 e. The van der Waals surface area contributed by atoms with E-state index < -0.39 is 42.7 Å². The Labute approximate surface area is 408 Å². The number of ketones is 1. The number of nitrogens with zero attached hydrogens (tertiary/aromatic N) is 5. The zero-order valence-corrected chi connectivity index (χ0v) is 42.9. The molecule has 3 fully saturated rings. The lowest BCUT2D eigenvalue weighted by molar-refractivity contribution is -0.377. The number of rotatable bonds is 9. The summed E-state index contributed by atoms with van der Waals surface area (Å²) in [5, 5.41) is 59.3. The van der Waals surface area contributed by atoms with Crippen LogP contribution in [0.15, 0.2) is 70.7 Å². The molecule has 1 aromatic heterocycles. The van der Waals surface area contributed by atoms with Crippen LogP contribution in [0, 0.1) is 35.5 Å². The van der Waals surface area contributed by atoms with E-state index in [1.807, 2.05) is 81.1 Å². The number of piperidine rings is 1. The molecule has 4 heterocycles. The lowest BCUT2D eigenvalue weighted by Crippen LogP contribution is -2.65. The number of ether oxygens (including phenoxy) is 4. The molecule has 4 N–H and O–H groups in total. The van der Waals surface area contributed by atoms with E-state index >= 15 is 0 Å². The number of pyridine rings is 1. The molecule has 4 aliphatic rings. The minimum Gasteiger partial charge on any atom is -0.393 e. The monoisotopic (exact) mass is 952 g/mol. The molecule has 16 atom stereocenters. The molecular weight excluding hydrogens is 863 g/mol. The highest BCUT2D eigenvalue weighted by molar-refractivity contribution is 5.85. The first-order valence-corrected chi connectivity index (χ1v) is 26.0. The van der Waals surface area contributed by atoms with Crippen LogP contribution in [0.5, 0.6) is 0 Å². The van der Waals surface area contributed by atoms with Crippen LogP contribution in [0.4, 0.5) is 0 Å². The third-order valence-corrected chi connectivity index (χ3v) is 15.8. The lowest BCUT2D eigenvalue weighted by atomic mass is 9.77. The van der Waals surface area contributed by atoms with Crippen molar-refractivity contribution < 1.29 is 44.2 Å². The Balaban J connectivity index is 1.37. The second kappa shape index (κ2) is 27.6. The van der Waals surface area contributed by atoms with E-state index in [1.54, 1.807) is 13.3 Å². The van der Waals surface area contributed by atoms with Crippen molar-refractivity contribution >= 4 is 5.78 Å². The molecule has 2 bridgehead atoms. The van der Waals surface area contributed by atoms with Gasteiger partial charge in [0.15, 0.2) is 12.1 Å². The van der Waals surface area contributed by atoms with Crippen molar-refractivity contribution in [3.63, 3.8) is 0 Å². The summed E-state index contributed by atoms with van der Waals surface area (Å²) >= 11 is 0. The number of methoxy groups -OCH3 is 2. The molecule has 14 heteroatoms. The van der Waals surface area contributed by atoms with Crippen molar-refractivity contribution in [2.45, 2.75) is 205 Å². The van der Waals surface area contributed by atoms with Crippen LogP contribution >= 0.6 is 0 Å². The average Bonchev–Trinajstić information content (AvgIpc) is 3.33. The number of carbonyl (C=O) groups excluding carboxylic acids is 1. The molecule has 68 heavy (non-hydrogen) atoms. The van der Waals surface area contributed by atoms with E-state index in [9.17, 15) is 25.2 Å². The van der Waals surface area contributed by atoms with Gasteiger partial charge >= 0.3 is 0 Å². The number of likely N-dealkylation sites (N-methyl/N-ethyl adjacent to an activating group) is 1. The van der Waals surface area contributed by atoms with Crippen LogP contribution in [-0.2, 0) is 30.3 Å². The maximum absolute atomic E-state index is 13.6. The van der Waals surface area contributed by atoms with Crippen LogP contribution < -0.4 is 0 Å². The van der Waals surface area contributed by atoms with Gasteiger partial charge in [-0.25, -0.2) is 4.90 Å². The first-order valence-electron chi connectivity index (χ1n) is 26.0. The van der Waals surface area contributed by atoms with Crippen molar-refractivity contribution in [3.8, 4) is 0 Å². The van der Waals surface area contributed by atoms with Crippen molar-refractivity contribution in [1.82, 2.24) is 14.9 Å². The molecule has 12 unspecified atom stereocenters. The first kappa shape index (κ1) is 56.0. The molecule has 0 aromatic carbocycles. The van der Waals surface area contributed by atoms with E-state index in [-0.39, 0.29) is 60.0 Å². The number of hydrogen-bond acceptors (Lipinski definition) is 13. The van der Waals surface area contributed by atoms with E-state index in [0.717, 1.165) is 69.9 Å². The Morgan fingerprint density at radius 3 is 2.47 bits per heavy atom. The highest BCUT2D eigenvalue weighted by Crippen LogP contribution is 2.42. The maximum Gasteiger partial charge on any atom is 0.230 e. The second-order valence-corrected chi connectivity index (χ2v) is 21.1. The van der Waals surface area contributed by atoms with Gasteiger partial charge in [0.1, 0.15) is 12.6 Å². The summed E-state index contributed by atoms with van der Waals surface area (Å²) in [5.41, 5.74) is 2.07. The summed E-state index contributed by atoms with van der Waals surface area (Å²) in [5.74, 6) is -2.55. The van der Waals surface area contributed by atoms with E-state index in [2.05, 4.69) is 41.3 Å². The van der Waals surface area contributed by atoms with Gasteiger partial charge in [0, 0.05) is 52.3 Å². The third kappa shape index (κ3) is 15.8. The summed E-state index contributed by atoms with van der Waals surface area (Å²) in [7, 11) is 5.18. The first-order chi connectivity index (χ1) is 32.6. The molecule has 0 spiro atoms. The van der Waals surface area contributed by atoms with Gasteiger partial charge in [-0.15, -0.1) is 0 Å². The molecule has 3 aliphatic heterocycles. The number of aliphatic hydroxyl groups excluding tert-OH is 3. The normalized spacial score (nSPS) is 39.5. The van der Waals surface area contributed by atoms with Gasteiger partial charge in [-0.1, -0.05) is 88.3 Å². The van der Waals surface area contributed by atoms with Crippen molar-refractivity contribution in [3.05, 3.63) is 66.0 Å². The molecule has 5 rings (SSSR count). The number of fused-ring (bicyclic) bond motifs is 4. The number of Topliss-reactive ketones (excluding diaryl/α,β-unsaturated/α-hetero) is 1. The Hall–Kier alpha value is -2.92. The Morgan fingerprint density at radius 2 is 1.74 bits per heavy atom. The van der Waals surface area contributed by atoms with Gasteiger partial charge in [0.05, 0.1) is 48.3 Å². The Morgan fingerprint density at radius 1 is 0.941 bits per heavy atom. The van der Waals surface area contributed by atoms with Gasteiger partial charge in [0.25, 0.3) is 0 Å². The molecular formula is C54H89N5O9. The summed E-state index contributed by atoms with van der Waals surface area (Å²) in [4.78, 5) is 20.0. The number of allylic oxidation sites excluding steroid dienone is 6. The van der Waals surface area contributed by atoms with Gasteiger partial charge in [0.2, 0.25) is 5.91 Å². The minimum atomic E-state index is -1.56. The van der Waals surface area contributed by atoms with Crippen molar-refractivity contribution in [2.24, 2.45) is 45.8 Å². The fourth-order valence-electron chi connectivity index (χ4n) is 11.2. The highest BCUT2D eigenvalue weighted by Gasteiger charge is 2.51. The predicted octanol–water partition coefficient (Wildman–Crippen LogP) is 8.74. The molecule has 0 radical (unpaired) electrons. The fourth-order valence-corrected chi connectivity index (χ4v) is 11.2. The Kier molecular flexibility index (Phi) is 22.7. The standard InChI is InChI=1S/C54H89N5O9/c1-36-19-13-11-10-12-14-20-37(2)50(61)52(66-9)51(62)40(5)31-38(3)47(60)34-48(67-53(63)46-22-16-18-30-59(46)54(64)41(6)24-27-44(68-54)26-23-36)39(4)32-42-25-28-45(49(33-42)65-8)58(7)57-56-35-43-21-15-17-29-55-43/h10-13,15,17,19,21,29,37-42,44-49,51-53,60,62-64H,14,16,18,20,22-28,30-35H2,1-9H3/b12-10+,13-11+,36-19+,57-56?/t37-,38-,39?,40?,41?,42?,44?,45?,46?,47?,48+,49?,51-,52?,53?,54?/m1/s1. The number of aliphatic hydroxyl groups is 4. The van der Waals surface area contributed by atoms with Crippen LogP contribution in [0.1, 0.15) is 144 Å². The van der Waals surface area contributed by atoms with Crippen LogP contribution in [0.25, 0.3) is 0 Å². The van der Waals surface area contributed by atoms with Gasteiger partial charge in [-0.05, 0) is 126 Å². The van der Waals surface area contributed by atoms with E-state index in [4.69, 9.17) is 18.9 Å². The molecule has 0 amide bonds. The third-order valence-electron chi connectivity index (χ3n) is 15.8. The predicted molar refractivity (Wildman–Crippen MR) is 265 cm³/mol. The van der Waals surface area contributed by atoms with Crippen LogP contribution in [-0.4, -0.2) is 130 Å². The van der Waals surface area contributed by atoms with Crippen LogP contribution in [0.2, 0.25) is 0 Å². The quantitative estimate of drug-likeness (QED) is 0.137. The summed E-state index contributed by atoms with van der Waals surface area (Å²) in [6.45, 7) is 13.0. The molecule has 14 nitrogen and oxygen atoms in total. The average molecular weight is 952 g/mol. The van der Waals surface area contributed by atoms with E-state index in [0.29, 0.717) is 44.7 Å². The maximum atomic E-state index is 13.6. The largest absolute Gasteiger partial charge is 0.393 e. The summed E-state index contributed by atoms with van der Waals surface area (Å²) in [6.07, 6.45) is 18.2. The number of hydrogen-bond donors (Lipinski definition) is 4. The van der Waals surface area contributed by atoms with Crippen LogP contribution in [0.3, 0.4) is 0 Å². The SMILES string of the molecule is COC1CC(CC(C)[C@@H]2CC(O)[C@H](C)CC(C)[C@@H](O)C(OC)C(=O)[C@H](C)CC/C=C/C=C/C=C(\C)CCC3CCC(C)C(O)(O3)N3CCCCC3C(O)O2)CCC1N(C)N=NCc1ccccn1. The molecule has 1 aromatic rings. The second-order valence-electron chi connectivity index (χ2n) is 21.1. The minimum absolute atomic E-state index is 0.0568. The zero-order valence-electron chi connectivity index (χ0n) is 42.9. The fraction of sp³-hybridized carbons (Fsp3) is 0.778. The number of carbonyl (C=O) groups is 1. The van der Waals surface area contributed by atoms with Gasteiger partial charge in [-0.3, -0.25) is 14.8 Å². The number of aromatic nitrogens is 1. The van der Waals surface area contributed by atoms with Gasteiger partial charge in [-0.2, -0.15) is 5.11 Å². The van der Waals surface area contributed by atoms with Crippen molar-refractivity contribution in [1.29, 1.82) is 0 Å². The molecule has 384 valence electrons. The van der Waals surface area contributed by atoms with Crippen molar-refractivity contribution in [2.75, 3.05) is 27.8 Å². The topological polar surface area (TPSA) is 179 Å². The van der Waals surface area contributed by atoms with E-state index in [1.165, 1.54) is 12.7 Å². The molecule has 1 aliphatic carbocycles. The van der Waals surface area contributed by atoms with Gasteiger partial charge < -0.3 is 39.4 Å². The zero-order chi connectivity index (χ0) is 49.4. The Bertz CT molecular complexity index is 1770.